The monoisotopic (exact) mass is 374 g/mol. The molecule has 1 aromatic rings. The van der Waals surface area contributed by atoms with E-state index in [4.69, 9.17) is 25.8 Å². The molecule has 1 spiro atoms. The maximum atomic E-state index is 6.23. The quantitative estimate of drug-likeness (QED) is 0.737. The Morgan fingerprint density at radius 2 is 2.10 bits per heavy atom. The molecule has 5 heteroatoms. The normalized spacial score (nSPS) is 25.0. The smallest absolute Gasteiger partial charge is 0.124 e. The van der Waals surface area contributed by atoms with Gasteiger partial charge >= 0.3 is 0 Å². The Hall–Kier alpha value is -0.290. The van der Waals surface area contributed by atoms with Crippen molar-refractivity contribution in [3.8, 4) is 5.75 Å². The van der Waals surface area contributed by atoms with E-state index in [0.29, 0.717) is 5.88 Å². The number of rotatable bonds is 3. The molecule has 1 aromatic carbocycles. The summed E-state index contributed by atoms with van der Waals surface area (Å²) in [4.78, 5) is 0. The van der Waals surface area contributed by atoms with Gasteiger partial charge in [0.2, 0.25) is 0 Å². The molecule has 0 saturated carbocycles. The fourth-order valence-electron chi connectivity index (χ4n) is 3.12. The maximum Gasteiger partial charge on any atom is 0.124 e. The summed E-state index contributed by atoms with van der Waals surface area (Å²) in [5.41, 5.74) is 0.982. The number of ether oxygens (including phenoxy) is 3. The lowest BCUT2D eigenvalue weighted by Crippen LogP contribution is -2.47. The molecular formula is C16H20BrClO3. The summed E-state index contributed by atoms with van der Waals surface area (Å²) in [6, 6.07) is 6.01. The van der Waals surface area contributed by atoms with Crippen LogP contribution in [0.2, 0.25) is 0 Å². The zero-order valence-corrected chi connectivity index (χ0v) is 14.3. The van der Waals surface area contributed by atoms with E-state index >= 15 is 0 Å². The predicted octanol–water partition coefficient (Wildman–Crippen LogP) is 4.29. The molecule has 0 N–H and O–H groups in total. The van der Waals surface area contributed by atoms with Crippen molar-refractivity contribution in [3.63, 3.8) is 0 Å². The number of alkyl halides is 1. The van der Waals surface area contributed by atoms with Crippen LogP contribution in [0.15, 0.2) is 22.7 Å². The zero-order valence-electron chi connectivity index (χ0n) is 11.9. The summed E-state index contributed by atoms with van der Waals surface area (Å²) in [5, 5.41) is 0. The average molecular weight is 376 g/mol. The van der Waals surface area contributed by atoms with Gasteiger partial charge in [-0.2, -0.15) is 0 Å². The molecule has 2 saturated heterocycles. The standard InChI is InChI=1S/C16H20BrClO3/c17-13-1-2-15(12(9-13)11-18)21-14-3-6-20-16(10-14)4-7-19-8-5-16/h1-2,9,14H,3-8,10-11H2. The highest BCUT2D eigenvalue weighted by Crippen LogP contribution is 2.36. The molecule has 116 valence electrons. The lowest BCUT2D eigenvalue weighted by atomic mass is 9.85. The first kappa shape index (κ1) is 15.6. The first-order valence-electron chi connectivity index (χ1n) is 7.43. The maximum absolute atomic E-state index is 6.23. The van der Waals surface area contributed by atoms with E-state index in [1.54, 1.807) is 0 Å². The van der Waals surface area contributed by atoms with Crippen molar-refractivity contribution >= 4 is 27.5 Å². The van der Waals surface area contributed by atoms with Crippen molar-refractivity contribution in [2.24, 2.45) is 0 Å². The third-order valence-electron chi connectivity index (χ3n) is 4.31. The van der Waals surface area contributed by atoms with Gasteiger partial charge < -0.3 is 14.2 Å². The lowest BCUT2D eigenvalue weighted by Gasteiger charge is -2.43. The number of hydrogen-bond acceptors (Lipinski definition) is 3. The Morgan fingerprint density at radius 1 is 1.29 bits per heavy atom. The van der Waals surface area contributed by atoms with E-state index in [-0.39, 0.29) is 11.7 Å². The van der Waals surface area contributed by atoms with E-state index in [9.17, 15) is 0 Å². The molecule has 2 aliphatic rings. The molecule has 0 bridgehead atoms. The highest BCUT2D eigenvalue weighted by molar-refractivity contribution is 9.10. The summed E-state index contributed by atoms with van der Waals surface area (Å²) in [7, 11) is 0. The topological polar surface area (TPSA) is 27.7 Å². The Kier molecular flexibility index (Phi) is 5.10. The molecule has 1 unspecified atom stereocenters. The van der Waals surface area contributed by atoms with Crippen LogP contribution in [-0.4, -0.2) is 31.5 Å². The second-order valence-electron chi connectivity index (χ2n) is 5.76. The molecule has 0 aromatic heterocycles. The van der Waals surface area contributed by atoms with Crippen LogP contribution >= 0.6 is 27.5 Å². The van der Waals surface area contributed by atoms with E-state index in [1.807, 2.05) is 18.2 Å². The largest absolute Gasteiger partial charge is 0.490 e. The van der Waals surface area contributed by atoms with E-state index < -0.39 is 0 Å². The molecule has 0 aliphatic carbocycles. The highest BCUT2D eigenvalue weighted by Gasteiger charge is 2.40. The average Bonchev–Trinajstić information content (AvgIpc) is 2.50. The van der Waals surface area contributed by atoms with Crippen LogP contribution in [0, 0.1) is 0 Å². The Balaban J connectivity index is 1.70. The van der Waals surface area contributed by atoms with Crippen LogP contribution in [0.4, 0.5) is 0 Å². The van der Waals surface area contributed by atoms with Crippen molar-refractivity contribution in [2.75, 3.05) is 19.8 Å². The first-order chi connectivity index (χ1) is 10.2. The van der Waals surface area contributed by atoms with Crippen LogP contribution in [-0.2, 0) is 15.4 Å². The van der Waals surface area contributed by atoms with Gasteiger partial charge in [-0.15, -0.1) is 11.6 Å². The van der Waals surface area contributed by atoms with E-state index in [0.717, 1.165) is 61.3 Å². The first-order valence-corrected chi connectivity index (χ1v) is 8.76. The van der Waals surface area contributed by atoms with E-state index in [1.165, 1.54) is 0 Å². The Morgan fingerprint density at radius 3 is 2.86 bits per heavy atom. The number of halogens is 2. The minimum absolute atomic E-state index is 0.0440. The van der Waals surface area contributed by atoms with Crippen LogP contribution in [0.5, 0.6) is 5.75 Å². The minimum Gasteiger partial charge on any atom is -0.490 e. The van der Waals surface area contributed by atoms with E-state index in [2.05, 4.69) is 15.9 Å². The van der Waals surface area contributed by atoms with Crippen molar-refractivity contribution < 1.29 is 14.2 Å². The van der Waals surface area contributed by atoms with Crippen molar-refractivity contribution in [1.82, 2.24) is 0 Å². The highest BCUT2D eigenvalue weighted by atomic mass is 79.9. The molecule has 3 nitrogen and oxygen atoms in total. The molecule has 21 heavy (non-hydrogen) atoms. The van der Waals surface area contributed by atoms with Crippen molar-refractivity contribution in [3.05, 3.63) is 28.2 Å². The van der Waals surface area contributed by atoms with Crippen LogP contribution in [0.3, 0.4) is 0 Å². The minimum atomic E-state index is -0.0440. The molecule has 2 fully saturated rings. The molecule has 2 heterocycles. The summed E-state index contributed by atoms with van der Waals surface area (Å²) >= 11 is 9.49. The summed E-state index contributed by atoms with van der Waals surface area (Å²) < 4.78 is 18.8. The van der Waals surface area contributed by atoms with Gasteiger partial charge in [0.05, 0.1) is 18.1 Å². The molecule has 0 amide bonds. The van der Waals surface area contributed by atoms with Gasteiger partial charge in [-0.3, -0.25) is 0 Å². The number of hydrogen-bond donors (Lipinski definition) is 0. The molecule has 0 radical (unpaired) electrons. The van der Waals surface area contributed by atoms with Gasteiger partial charge in [-0.1, -0.05) is 15.9 Å². The summed E-state index contributed by atoms with van der Waals surface area (Å²) in [6.45, 7) is 2.34. The summed E-state index contributed by atoms with van der Waals surface area (Å²) in [6.07, 6.45) is 4.00. The summed E-state index contributed by atoms with van der Waals surface area (Å²) in [5.74, 6) is 1.35. The fraction of sp³-hybridized carbons (Fsp3) is 0.625. The lowest BCUT2D eigenvalue weighted by molar-refractivity contribution is -0.155. The van der Waals surface area contributed by atoms with Crippen LogP contribution in [0.25, 0.3) is 0 Å². The van der Waals surface area contributed by atoms with Gasteiger partial charge in [-0.05, 0) is 31.0 Å². The van der Waals surface area contributed by atoms with Gasteiger partial charge in [0.25, 0.3) is 0 Å². The van der Waals surface area contributed by atoms with Crippen LogP contribution < -0.4 is 4.74 Å². The predicted molar refractivity (Wildman–Crippen MR) is 86.1 cm³/mol. The van der Waals surface area contributed by atoms with Crippen molar-refractivity contribution in [2.45, 2.75) is 43.3 Å². The van der Waals surface area contributed by atoms with Crippen LogP contribution in [0.1, 0.15) is 31.2 Å². The fourth-order valence-corrected chi connectivity index (χ4v) is 3.74. The Bertz CT molecular complexity index is 483. The number of benzene rings is 1. The van der Waals surface area contributed by atoms with Gasteiger partial charge in [0.1, 0.15) is 11.9 Å². The Labute approximate surface area is 139 Å². The molecular weight excluding hydrogens is 356 g/mol. The third kappa shape index (κ3) is 3.73. The molecule has 1 atom stereocenters. The molecule has 2 aliphatic heterocycles. The molecule has 3 rings (SSSR count). The third-order valence-corrected chi connectivity index (χ3v) is 5.09. The van der Waals surface area contributed by atoms with Gasteiger partial charge in [0, 0.05) is 36.1 Å². The SMILES string of the molecule is ClCc1cc(Br)ccc1OC1CCOC2(CCOCC2)C1. The second-order valence-corrected chi connectivity index (χ2v) is 6.95. The van der Waals surface area contributed by atoms with Gasteiger partial charge in [-0.25, -0.2) is 0 Å². The zero-order chi connectivity index (χ0) is 14.7. The van der Waals surface area contributed by atoms with Crippen molar-refractivity contribution in [1.29, 1.82) is 0 Å². The second kappa shape index (κ2) is 6.86. The van der Waals surface area contributed by atoms with Gasteiger partial charge in [0.15, 0.2) is 0 Å².